The molecule has 6 nitrogen and oxygen atoms in total. The number of benzene rings is 1. The number of ether oxygens (including phenoxy) is 2. The fraction of sp³-hybridized carbons (Fsp3) is 0.652. The highest BCUT2D eigenvalue weighted by Crippen LogP contribution is 2.36. The van der Waals surface area contributed by atoms with E-state index in [2.05, 4.69) is 17.1 Å². The molecule has 4 rings (SSSR count). The normalized spacial score (nSPS) is 19.2. The summed E-state index contributed by atoms with van der Waals surface area (Å²) in [5.41, 5.74) is 0.905. The van der Waals surface area contributed by atoms with Crippen LogP contribution < -0.4 is 19.7 Å². The number of piperidine rings is 1. The molecule has 0 radical (unpaired) electrons. The molecule has 2 fully saturated rings. The molecule has 0 spiro atoms. The van der Waals surface area contributed by atoms with Gasteiger partial charge in [-0.05, 0) is 37.7 Å². The third-order valence-electron chi connectivity index (χ3n) is 6.45. The molecule has 0 unspecified atom stereocenters. The minimum Gasteiger partial charge on any atom is -0.493 e. The van der Waals surface area contributed by atoms with E-state index in [0.717, 1.165) is 41.7 Å². The van der Waals surface area contributed by atoms with E-state index >= 15 is 0 Å². The Bertz CT molecular complexity index is 825. The highest BCUT2D eigenvalue weighted by atomic mass is 16.5. The molecule has 2 heterocycles. The molecule has 1 aromatic heterocycles. The van der Waals surface area contributed by atoms with Crippen LogP contribution in [0.15, 0.2) is 12.1 Å². The quantitative estimate of drug-likeness (QED) is 0.714. The van der Waals surface area contributed by atoms with E-state index < -0.39 is 0 Å². The van der Waals surface area contributed by atoms with Gasteiger partial charge in [-0.2, -0.15) is 4.98 Å². The fourth-order valence-electron chi connectivity index (χ4n) is 4.52. The van der Waals surface area contributed by atoms with E-state index in [1.165, 1.54) is 51.4 Å². The first-order valence-electron chi connectivity index (χ1n) is 11.1. The highest BCUT2D eigenvalue weighted by molar-refractivity contribution is 5.93. The SMILES string of the molecule is COc1cc2nc(N3CCC(C)CC3)nc(NC3CCCCCC3)c2cc1OC. The first-order valence-corrected chi connectivity index (χ1v) is 11.1. The Kier molecular flexibility index (Phi) is 6.26. The van der Waals surface area contributed by atoms with E-state index in [1.54, 1.807) is 14.2 Å². The average Bonchev–Trinajstić information content (AvgIpc) is 3.02. The van der Waals surface area contributed by atoms with Gasteiger partial charge in [0.2, 0.25) is 5.95 Å². The van der Waals surface area contributed by atoms with Crippen LogP contribution in [0, 0.1) is 5.92 Å². The monoisotopic (exact) mass is 398 g/mol. The molecule has 1 N–H and O–H groups in total. The standard InChI is InChI=1S/C23H34N4O2/c1-16-10-12-27(13-11-16)23-25-19-15-21(29-3)20(28-2)14-18(19)22(26-23)24-17-8-6-4-5-7-9-17/h14-17H,4-13H2,1-3H3,(H,24,25,26). The van der Waals surface area contributed by atoms with E-state index in [-0.39, 0.29) is 0 Å². The zero-order valence-electron chi connectivity index (χ0n) is 18.0. The second-order valence-corrected chi connectivity index (χ2v) is 8.60. The summed E-state index contributed by atoms with van der Waals surface area (Å²) in [7, 11) is 3.34. The lowest BCUT2D eigenvalue weighted by Crippen LogP contribution is -2.34. The van der Waals surface area contributed by atoms with Gasteiger partial charge in [-0.3, -0.25) is 0 Å². The first-order chi connectivity index (χ1) is 14.2. The lowest BCUT2D eigenvalue weighted by molar-refractivity contribution is 0.356. The lowest BCUT2D eigenvalue weighted by atomic mass is 10.00. The molecular formula is C23H34N4O2. The zero-order valence-corrected chi connectivity index (χ0v) is 18.0. The van der Waals surface area contributed by atoms with Crippen LogP contribution in [0.3, 0.4) is 0 Å². The van der Waals surface area contributed by atoms with Gasteiger partial charge in [0.25, 0.3) is 0 Å². The van der Waals surface area contributed by atoms with Gasteiger partial charge in [-0.25, -0.2) is 4.98 Å². The minimum atomic E-state index is 0.470. The van der Waals surface area contributed by atoms with Crippen molar-refractivity contribution >= 4 is 22.7 Å². The molecule has 2 aromatic rings. The van der Waals surface area contributed by atoms with Crippen LogP contribution in [0.2, 0.25) is 0 Å². The first kappa shape index (κ1) is 20.0. The van der Waals surface area contributed by atoms with Crippen molar-refractivity contribution in [3.05, 3.63) is 12.1 Å². The number of aromatic nitrogens is 2. The van der Waals surface area contributed by atoms with Crippen LogP contribution in [0.1, 0.15) is 58.3 Å². The van der Waals surface area contributed by atoms with Gasteiger partial charge in [0.05, 0.1) is 19.7 Å². The van der Waals surface area contributed by atoms with E-state index in [9.17, 15) is 0 Å². The van der Waals surface area contributed by atoms with Crippen molar-refractivity contribution in [3.8, 4) is 11.5 Å². The molecule has 0 bridgehead atoms. The number of methoxy groups -OCH3 is 2. The summed E-state index contributed by atoms with van der Waals surface area (Å²) in [5.74, 6) is 3.95. The topological polar surface area (TPSA) is 59.5 Å². The minimum absolute atomic E-state index is 0.470. The van der Waals surface area contributed by atoms with Crippen LogP contribution in [0.25, 0.3) is 10.9 Å². The predicted octanol–water partition coefficient (Wildman–Crippen LogP) is 5.02. The summed E-state index contributed by atoms with van der Waals surface area (Å²) in [4.78, 5) is 12.3. The lowest BCUT2D eigenvalue weighted by Gasteiger charge is -2.31. The molecule has 6 heteroatoms. The Morgan fingerprint density at radius 3 is 2.21 bits per heavy atom. The summed E-state index contributed by atoms with van der Waals surface area (Å²) in [6.07, 6.45) is 10.0. The van der Waals surface area contributed by atoms with Crippen molar-refractivity contribution in [1.82, 2.24) is 9.97 Å². The largest absolute Gasteiger partial charge is 0.493 e. The van der Waals surface area contributed by atoms with Crippen molar-refractivity contribution in [2.24, 2.45) is 5.92 Å². The fourth-order valence-corrected chi connectivity index (χ4v) is 4.52. The van der Waals surface area contributed by atoms with Crippen molar-refractivity contribution in [1.29, 1.82) is 0 Å². The maximum atomic E-state index is 5.55. The molecule has 1 aliphatic heterocycles. The molecule has 0 amide bonds. The second kappa shape index (κ2) is 9.06. The number of anilines is 2. The van der Waals surface area contributed by atoms with Crippen molar-refractivity contribution in [2.45, 2.75) is 64.3 Å². The molecule has 0 atom stereocenters. The predicted molar refractivity (Wildman–Crippen MR) is 118 cm³/mol. The number of fused-ring (bicyclic) bond motifs is 1. The van der Waals surface area contributed by atoms with Crippen LogP contribution >= 0.6 is 0 Å². The zero-order chi connectivity index (χ0) is 20.2. The van der Waals surface area contributed by atoms with Crippen LogP contribution in [0.5, 0.6) is 11.5 Å². The van der Waals surface area contributed by atoms with Crippen LogP contribution in [-0.4, -0.2) is 43.3 Å². The smallest absolute Gasteiger partial charge is 0.227 e. The summed E-state index contributed by atoms with van der Waals surface area (Å²) >= 11 is 0. The van der Waals surface area contributed by atoms with Gasteiger partial charge in [0.15, 0.2) is 11.5 Å². The van der Waals surface area contributed by atoms with Crippen LogP contribution in [-0.2, 0) is 0 Å². The third-order valence-corrected chi connectivity index (χ3v) is 6.45. The molecule has 29 heavy (non-hydrogen) atoms. The number of hydrogen-bond acceptors (Lipinski definition) is 6. The van der Waals surface area contributed by atoms with Gasteiger partial charge in [-0.15, -0.1) is 0 Å². The Morgan fingerprint density at radius 2 is 1.55 bits per heavy atom. The van der Waals surface area contributed by atoms with E-state index in [0.29, 0.717) is 17.5 Å². The molecule has 158 valence electrons. The summed E-state index contributed by atoms with van der Waals surface area (Å²) in [6, 6.07) is 4.46. The van der Waals surface area contributed by atoms with Gasteiger partial charge in [0, 0.05) is 30.6 Å². The number of rotatable bonds is 5. The second-order valence-electron chi connectivity index (χ2n) is 8.60. The molecular weight excluding hydrogens is 364 g/mol. The molecule has 1 saturated heterocycles. The molecule has 1 saturated carbocycles. The van der Waals surface area contributed by atoms with E-state index in [4.69, 9.17) is 19.4 Å². The van der Waals surface area contributed by atoms with Crippen LogP contribution in [0.4, 0.5) is 11.8 Å². The Balaban J connectivity index is 1.74. The summed E-state index contributed by atoms with van der Waals surface area (Å²) in [6.45, 7) is 4.36. The summed E-state index contributed by atoms with van der Waals surface area (Å²) < 4.78 is 11.1. The van der Waals surface area contributed by atoms with Gasteiger partial charge in [0.1, 0.15) is 5.82 Å². The van der Waals surface area contributed by atoms with Crippen molar-refractivity contribution < 1.29 is 9.47 Å². The Hall–Kier alpha value is -2.24. The number of nitrogens with one attached hydrogen (secondary N) is 1. The van der Waals surface area contributed by atoms with Crippen molar-refractivity contribution in [2.75, 3.05) is 37.5 Å². The van der Waals surface area contributed by atoms with Gasteiger partial charge in [-0.1, -0.05) is 32.6 Å². The molecule has 1 aliphatic carbocycles. The average molecular weight is 399 g/mol. The molecule has 2 aliphatic rings. The Morgan fingerprint density at radius 1 is 0.897 bits per heavy atom. The third kappa shape index (κ3) is 4.51. The highest BCUT2D eigenvalue weighted by Gasteiger charge is 2.22. The maximum absolute atomic E-state index is 5.55. The Labute approximate surface area is 174 Å². The number of hydrogen-bond donors (Lipinski definition) is 1. The van der Waals surface area contributed by atoms with Gasteiger partial charge < -0.3 is 19.7 Å². The maximum Gasteiger partial charge on any atom is 0.227 e. The van der Waals surface area contributed by atoms with Gasteiger partial charge >= 0.3 is 0 Å². The molecule has 1 aromatic carbocycles. The van der Waals surface area contributed by atoms with E-state index in [1.807, 2.05) is 12.1 Å². The number of nitrogens with zero attached hydrogens (tertiary/aromatic N) is 3. The summed E-state index contributed by atoms with van der Waals surface area (Å²) in [5, 5.41) is 4.77. The van der Waals surface area contributed by atoms with Crippen molar-refractivity contribution in [3.63, 3.8) is 0 Å².